The van der Waals surface area contributed by atoms with Crippen LogP contribution in [0.15, 0.2) is 4.52 Å². The van der Waals surface area contributed by atoms with E-state index in [1.807, 2.05) is 0 Å². The van der Waals surface area contributed by atoms with Crippen LogP contribution >= 0.6 is 0 Å². The van der Waals surface area contributed by atoms with Gasteiger partial charge in [0.15, 0.2) is 5.82 Å². The average Bonchev–Trinajstić information content (AvgIpc) is 3.00. The number of hydrogen-bond acceptors (Lipinski definition) is 4. The number of Topliss-reactive ketones (excluding diaryl/α,β-unsaturated/α-hetero) is 1. The van der Waals surface area contributed by atoms with Crippen LogP contribution in [0.25, 0.3) is 0 Å². The zero-order valence-corrected chi connectivity index (χ0v) is 10.7. The maximum Gasteiger partial charge on any atom is 0.237 e. The lowest BCUT2D eigenvalue weighted by Gasteiger charge is -2.06. The van der Waals surface area contributed by atoms with E-state index < -0.39 is 0 Å². The largest absolute Gasteiger partial charge is 0.339 e. The number of aromatic nitrogens is 2. The monoisotopic (exact) mass is 248 g/mol. The molecule has 1 aromatic rings. The summed E-state index contributed by atoms with van der Waals surface area (Å²) in [5.41, 5.74) is 0. The summed E-state index contributed by atoms with van der Waals surface area (Å²) in [6.07, 6.45) is 9.66. The Morgan fingerprint density at radius 2 is 1.78 bits per heavy atom. The molecule has 0 N–H and O–H groups in total. The molecule has 2 fully saturated rings. The Kier molecular flexibility index (Phi) is 3.43. The zero-order chi connectivity index (χ0) is 12.4. The van der Waals surface area contributed by atoms with Gasteiger partial charge in [-0.05, 0) is 25.7 Å². The van der Waals surface area contributed by atoms with Crippen molar-refractivity contribution in [1.82, 2.24) is 10.1 Å². The van der Waals surface area contributed by atoms with E-state index in [4.69, 9.17) is 4.52 Å². The molecule has 4 nitrogen and oxygen atoms in total. The molecule has 18 heavy (non-hydrogen) atoms. The van der Waals surface area contributed by atoms with E-state index in [9.17, 15) is 4.79 Å². The van der Waals surface area contributed by atoms with Crippen LogP contribution in [0, 0.1) is 0 Å². The van der Waals surface area contributed by atoms with Gasteiger partial charge < -0.3 is 4.52 Å². The second-order valence-electron chi connectivity index (χ2n) is 5.59. The highest BCUT2D eigenvalue weighted by Gasteiger charge is 2.29. The van der Waals surface area contributed by atoms with Gasteiger partial charge in [0.25, 0.3) is 0 Å². The second-order valence-corrected chi connectivity index (χ2v) is 5.59. The fourth-order valence-corrected chi connectivity index (χ4v) is 3.16. The number of nitrogens with zero attached hydrogens (tertiary/aromatic N) is 2. The molecule has 2 saturated carbocycles. The van der Waals surface area contributed by atoms with E-state index in [1.165, 1.54) is 12.8 Å². The third-order valence-corrected chi connectivity index (χ3v) is 4.28. The van der Waals surface area contributed by atoms with E-state index in [2.05, 4.69) is 10.1 Å². The predicted molar refractivity (Wildman–Crippen MR) is 66.3 cm³/mol. The van der Waals surface area contributed by atoms with Crippen LogP contribution in [-0.4, -0.2) is 15.9 Å². The third-order valence-electron chi connectivity index (χ3n) is 4.28. The highest BCUT2D eigenvalue weighted by molar-refractivity contribution is 5.84. The van der Waals surface area contributed by atoms with Gasteiger partial charge in [-0.1, -0.05) is 30.8 Å². The molecule has 0 bridgehead atoms. The smallest absolute Gasteiger partial charge is 0.237 e. The molecule has 0 aliphatic heterocycles. The molecule has 0 spiro atoms. The van der Waals surface area contributed by atoms with Gasteiger partial charge in [-0.15, -0.1) is 0 Å². The third kappa shape index (κ3) is 2.33. The lowest BCUT2D eigenvalue weighted by Crippen LogP contribution is -2.11. The van der Waals surface area contributed by atoms with E-state index in [1.54, 1.807) is 0 Å². The first-order valence-corrected chi connectivity index (χ1v) is 7.21. The lowest BCUT2D eigenvalue weighted by molar-refractivity contribution is -0.120. The number of hydrogen-bond donors (Lipinski definition) is 0. The summed E-state index contributed by atoms with van der Waals surface area (Å²) in [4.78, 5) is 16.5. The Hall–Kier alpha value is -1.19. The molecule has 2 aliphatic rings. The van der Waals surface area contributed by atoms with Crippen LogP contribution in [0.1, 0.15) is 81.3 Å². The fourth-order valence-electron chi connectivity index (χ4n) is 3.16. The number of carbonyl (C=O) groups is 1. The summed E-state index contributed by atoms with van der Waals surface area (Å²) in [5.74, 6) is 2.02. The van der Waals surface area contributed by atoms with Crippen molar-refractivity contribution in [2.24, 2.45) is 0 Å². The maximum atomic E-state index is 12.0. The molecule has 4 heteroatoms. The first kappa shape index (κ1) is 11.9. The summed E-state index contributed by atoms with van der Waals surface area (Å²) in [6, 6.07) is 0. The molecular formula is C14H20N2O2. The number of carbonyl (C=O) groups excluding carboxylic acids is 1. The van der Waals surface area contributed by atoms with Gasteiger partial charge in [-0.2, -0.15) is 4.98 Å². The van der Waals surface area contributed by atoms with E-state index >= 15 is 0 Å². The van der Waals surface area contributed by atoms with Crippen molar-refractivity contribution in [3.8, 4) is 0 Å². The second kappa shape index (κ2) is 5.21. The molecule has 3 rings (SSSR count). The Labute approximate surface area is 107 Å². The molecule has 0 amide bonds. The first-order valence-electron chi connectivity index (χ1n) is 7.21. The topological polar surface area (TPSA) is 56.0 Å². The number of rotatable bonds is 2. The minimum absolute atomic E-state index is 0.129. The van der Waals surface area contributed by atoms with E-state index in [-0.39, 0.29) is 11.7 Å². The quantitative estimate of drug-likeness (QED) is 0.753. The molecular weight excluding hydrogens is 228 g/mol. The van der Waals surface area contributed by atoms with Crippen molar-refractivity contribution >= 4 is 5.78 Å². The minimum Gasteiger partial charge on any atom is -0.339 e. The van der Waals surface area contributed by atoms with Crippen molar-refractivity contribution in [3.05, 3.63) is 11.7 Å². The van der Waals surface area contributed by atoms with E-state index in [0.717, 1.165) is 44.3 Å². The Morgan fingerprint density at radius 1 is 1.00 bits per heavy atom. The summed E-state index contributed by atoms with van der Waals surface area (Å²) in [6.45, 7) is 0. The van der Waals surface area contributed by atoms with Crippen molar-refractivity contribution < 1.29 is 9.32 Å². The van der Waals surface area contributed by atoms with Gasteiger partial charge in [0, 0.05) is 12.3 Å². The summed E-state index contributed by atoms with van der Waals surface area (Å²) in [7, 11) is 0. The SMILES string of the molecule is O=C1CCCCCC1c1nc(C2CCCC2)no1. The molecule has 1 aromatic heterocycles. The average molecular weight is 248 g/mol. The molecule has 1 unspecified atom stereocenters. The maximum absolute atomic E-state index is 12.0. The van der Waals surface area contributed by atoms with Crippen LogP contribution in [0.5, 0.6) is 0 Å². The molecule has 0 saturated heterocycles. The lowest BCUT2D eigenvalue weighted by atomic mass is 9.99. The van der Waals surface area contributed by atoms with Crippen LogP contribution in [-0.2, 0) is 4.79 Å². The summed E-state index contributed by atoms with van der Waals surface area (Å²) >= 11 is 0. The van der Waals surface area contributed by atoms with Crippen molar-refractivity contribution in [2.75, 3.05) is 0 Å². The van der Waals surface area contributed by atoms with Crippen molar-refractivity contribution in [3.63, 3.8) is 0 Å². The van der Waals surface area contributed by atoms with Gasteiger partial charge in [-0.25, -0.2) is 0 Å². The van der Waals surface area contributed by atoms with E-state index in [0.29, 0.717) is 18.2 Å². The minimum atomic E-state index is -0.129. The van der Waals surface area contributed by atoms with Gasteiger partial charge >= 0.3 is 0 Å². The Morgan fingerprint density at radius 3 is 2.61 bits per heavy atom. The van der Waals surface area contributed by atoms with Gasteiger partial charge in [-0.3, -0.25) is 4.79 Å². The predicted octanol–water partition coefficient (Wildman–Crippen LogP) is 3.34. The molecule has 2 aliphatic carbocycles. The van der Waals surface area contributed by atoms with Crippen LogP contribution < -0.4 is 0 Å². The van der Waals surface area contributed by atoms with Gasteiger partial charge in [0.2, 0.25) is 5.89 Å². The van der Waals surface area contributed by atoms with Crippen LogP contribution in [0.3, 0.4) is 0 Å². The first-order chi connectivity index (χ1) is 8.84. The standard InChI is InChI=1S/C14H20N2O2/c17-12-9-3-1-2-8-11(12)14-15-13(16-18-14)10-6-4-5-7-10/h10-11H,1-9H2. The Balaban J connectivity index is 1.76. The molecule has 1 atom stereocenters. The van der Waals surface area contributed by atoms with Crippen LogP contribution in [0.4, 0.5) is 0 Å². The highest BCUT2D eigenvalue weighted by atomic mass is 16.5. The molecule has 1 heterocycles. The number of ketones is 1. The fraction of sp³-hybridized carbons (Fsp3) is 0.786. The highest BCUT2D eigenvalue weighted by Crippen LogP contribution is 2.34. The zero-order valence-electron chi connectivity index (χ0n) is 10.7. The Bertz CT molecular complexity index is 421. The summed E-state index contributed by atoms with van der Waals surface area (Å²) < 4.78 is 5.36. The van der Waals surface area contributed by atoms with Gasteiger partial charge in [0.1, 0.15) is 5.78 Å². The molecule has 0 aromatic carbocycles. The molecule has 0 radical (unpaired) electrons. The van der Waals surface area contributed by atoms with Crippen molar-refractivity contribution in [1.29, 1.82) is 0 Å². The van der Waals surface area contributed by atoms with Crippen molar-refractivity contribution in [2.45, 2.75) is 69.6 Å². The summed E-state index contributed by atoms with van der Waals surface area (Å²) in [5, 5.41) is 4.10. The normalized spacial score (nSPS) is 26.4. The van der Waals surface area contributed by atoms with Crippen LogP contribution in [0.2, 0.25) is 0 Å². The molecule has 98 valence electrons. The van der Waals surface area contributed by atoms with Gasteiger partial charge in [0.05, 0.1) is 5.92 Å².